The Morgan fingerprint density at radius 3 is 2.80 bits per heavy atom. The predicted octanol–water partition coefficient (Wildman–Crippen LogP) is 0.189. The molecule has 0 amide bonds. The molecular formula is C7H11BrN4O2S. The number of hydrogen-bond donors (Lipinski definition) is 2. The van der Waals surface area contributed by atoms with Gasteiger partial charge in [0, 0.05) is 24.3 Å². The molecule has 0 atom stereocenters. The first kappa shape index (κ1) is 12.2. The van der Waals surface area contributed by atoms with E-state index in [0.717, 1.165) is 0 Å². The van der Waals surface area contributed by atoms with Crippen LogP contribution >= 0.6 is 15.9 Å². The molecule has 84 valence electrons. The molecule has 0 radical (unpaired) electrons. The fourth-order valence-corrected chi connectivity index (χ4v) is 2.40. The van der Waals surface area contributed by atoms with Gasteiger partial charge < -0.3 is 5.73 Å². The Morgan fingerprint density at radius 1 is 1.80 bits per heavy atom. The third-order valence-corrected chi connectivity index (χ3v) is 3.26. The van der Waals surface area contributed by atoms with Gasteiger partial charge in [-0.1, -0.05) is 22.5 Å². The molecule has 1 aromatic heterocycles. The molecule has 3 N–H and O–H groups in total. The van der Waals surface area contributed by atoms with Crippen LogP contribution in [0.4, 0.5) is 5.82 Å². The first-order chi connectivity index (χ1) is 6.83. The van der Waals surface area contributed by atoms with Crippen molar-refractivity contribution in [2.45, 2.75) is 4.90 Å². The topological polar surface area (TPSA) is 90.0 Å². The molecule has 0 unspecified atom stereocenters. The fourth-order valence-electron chi connectivity index (χ4n) is 0.942. The van der Waals surface area contributed by atoms with Gasteiger partial charge in [-0.25, -0.2) is 13.1 Å². The summed E-state index contributed by atoms with van der Waals surface area (Å²) in [5, 5.41) is 3.75. The average Bonchev–Trinajstić information content (AvgIpc) is 2.43. The van der Waals surface area contributed by atoms with Gasteiger partial charge in [-0.15, -0.1) is 0 Å². The Kier molecular flexibility index (Phi) is 3.53. The van der Waals surface area contributed by atoms with E-state index in [-0.39, 0.29) is 17.3 Å². The quantitative estimate of drug-likeness (QED) is 0.829. The van der Waals surface area contributed by atoms with Gasteiger partial charge in [0.25, 0.3) is 0 Å². The summed E-state index contributed by atoms with van der Waals surface area (Å²) >= 11 is 3.05. The molecule has 0 bridgehead atoms. The van der Waals surface area contributed by atoms with E-state index in [1.54, 1.807) is 7.05 Å². The molecule has 0 aliphatic heterocycles. The molecule has 0 aromatic carbocycles. The minimum atomic E-state index is -3.61. The number of nitrogens with one attached hydrogen (secondary N) is 1. The summed E-state index contributed by atoms with van der Waals surface area (Å²) in [4.78, 5) is -0.0289. The van der Waals surface area contributed by atoms with Crippen molar-refractivity contribution in [1.82, 2.24) is 14.5 Å². The predicted molar refractivity (Wildman–Crippen MR) is 60.9 cm³/mol. The molecule has 15 heavy (non-hydrogen) atoms. The van der Waals surface area contributed by atoms with E-state index >= 15 is 0 Å². The first-order valence-corrected chi connectivity index (χ1v) is 6.22. The van der Waals surface area contributed by atoms with Crippen LogP contribution in [0.5, 0.6) is 0 Å². The average molecular weight is 295 g/mol. The maximum atomic E-state index is 11.7. The number of sulfonamides is 1. The number of aryl methyl sites for hydroxylation is 1. The van der Waals surface area contributed by atoms with Crippen LogP contribution in [-0.2, 0) is 17.1 Å². The molecule has 1 heterocycles. The molecule has 0 aliphatic rings. The number of nitrogen functional groups attached to an aromatic ring is 1. The second kappa shape index (κ2) is 4.33. The van der Waals surface area contributed by atoms with Crippen molar-refractivity contribution >= 4 is 31.8 Å². The number of rotatable bonds is 4. The first-order valence-electron chi connectivity index (χ1n) is 3.95. The second-order valence-corrected chi connectivity index (χ2v) is 5.75. The van der Waals surface area contributed by atoms with Gasteiger partial charge in [0.1, 0.15) is 4.90 Å². The van der Waals surface area contributed by atoms with Crippen LogP contribution in [0.3, 0.4) is 0 Å². The fraction of sp³-hybridized carbons (Fsp3) is 0.286. The van der Waals surface area contributed by atoms with Crippen molar-refractivity contribution in [3.05, 3.63) is 17.3 Å². The van der Waals surface area contributed by atoms with Gasteiger partial charge >= 0.3 is 0 Å². The van der Waals surface area contributed by atoms with Crippen LogP contribution in [0, 0.1) is 0 Å². The lowest BCUT2D eigenvalue weighted by molar-refractivity contribution is 0.585. The van der Waals surface area contributed by atoms with E-state index in [0.29, 0.717) is 4.48 Å². The Morgan fingerprint density at radius 2 is 2.40 bits per heavy atom. The zero-order valence-corrected chi connectivity index (χ0v) is 10.5. The smallest absolute Gasteiger partial charge is 0.246 e. The highest BCUT2D eigenvalue weighted by Crippen LogP contribution is 2.15. The van der Waals surface area contributed by atoms with E-state index in [1.807, 2.05) is 0 Å². The maximum absolute atomic E-state index is 11.7. The van der Waals surface area contributed by atoms with Crippen LogP contribution in [-0.4, -0.2) is 24.7 Å². The van der Waals surface area contributed by atoms with Gasteiger partial charge in [0.15, 0.2) is 5.82 Å². The summed E-state index contributed by atoms with van der Waals surface area (Å²) in [7, 11) is -2.02. The Labute approximate surface area is 96.3 Å². The Hall–Kier alpha value is -0.860. The van der Waals surface area contributed by atoms with Crippen LogP contribution < -0.4 is 10.5 Å². The number of anilines is 1. The van der Waals surface area contributed by atoms with Gasteiger partial charge in [0.2, 0.25) is 10.0 Å². The Bertz CT molecular complexity index is 479. The van der Waals surface area contributed by atoms with Crippen molar-refractivity contribution in [1.29, 1.82) is 0 Å². The highest BCUT2D eigenvalue weighted by atomic mass is 79.9. The summed E-state index contributed by atoms with van der Waals surface area (Å²) in [6.45, 7) is 3.62. The Balaban J connectivity index is 2.96. The summed E-state index contributed by atoms with van der Waals surface area (Å²) in [5.74, 6) is -0.0230. The monoisotopic (exact) mass is 294 g/mol. The van der Waals surface area contributed by atoms with E-state index in [4.69, 9.17) is 5.73 Å². The van der Waals surface area contributed by atoms with Gasteiger partial charge in [-0.05, 0) is 0 Å². The standard InChI is InChI=1S/C7H11BrN4O2S/c1-5(8)3-10-15(13,14)6-4-12(2)11-7(6)9/h4,10H,1,3H2,2H3,(H2,9,11). The number of aromatic nitrogens is 2. The summed E-state index contributed by atoms with van der Waals surface area (Å²) in [5.41, 5.74) is 5.45. The van der Waals surface area contributed by atoms with Crippen molar-refractivity contribution in [2.24, 2.45) is 7.05 Å². The highest BCUT2D eigenvalue weighted by Gasteiger charge is 2.19. The third-order valence-electron chi connectivity index (χ3n) is 1.57. The molecule has 0 spiro atoms. The van der Waals surface area contributed by atoms with Crippen LogP contribution in [0.2, 0.25) is 0 Å². The lowest BCUT2D eigenvalue weighted by Crippen LogP contribution is -2.25. The van der Waals surface area contributed by atoms with Crippen molar-refractivity contribution < 1.29 is 8.42 Å². The third kappa shape index (κ3) is 3.05. The molecule has 1 rings (SSSR count). The summed E-state index contributed by atoms with van der Waals surface area (Å²) in [6, 6.07) is 0. The van der Waals surface area contributed by atoms with Crippen molar-refractivity contribution in [2.75, 3.05) is 12.3 Å². The molecular weight excluding hydrogens is 284 g/mol. The molecule has 8 heteroatoms. The molecule has 1 aromatic rings. The van der Waals surface area contributed by atoms with Crippen molar-refractivity contribution in [3.8, 4) is 0 Å². The normalized spacial score (nSPS) is 11.6. The second-order valence-electron chi connectivity index (χ2n) is 2.89. The van der Waals surface area contributed by atoms with E-state index in [1.165, 1.54) is 10.9 Å². The number of halogens is 1. The molecule has 6 nitrogen and oxygen atoms in total. The van der Waals surface area contributed by atoms with Crippen LogP contribution in [0.15, 0.2) is 22.2 Å². The van der Waals surface area contributed by atoms with E-state index in [9.17, 15) is 8.42 Å². The number of nitrogens with zero attached hydrogens (tertiary/aromatic N) is 2. The van der Waals surface area contributed by atoms with Gasteiger partial charge in [-0.3, -0.25) is 4.68 Å². The lowest BCUT2D eigenvalue weighted by Gasteiger charge is -2.03. The van der Waals surface area contributed by atoms with Crippen LogP contribution in [0.1, 0.15) is 0 Å². The molecule has 0 aliphatic carbocycles. The number of nitrogens with two attached hydrogens (primary N) is 1. The largest absolute Gasteiger partial charge is 0.381 e. The van der Waals surface area contributed by atoms with Crippen LogP contribution in [0.25, 0.3) is 0 Å². The van der Waals surface area contributed by atoms with Gasteiger partial charge in [-0.2, -0.15) is 5.10 Å². The molecule has 0 saturated carbocycles. The minimum Gasteiger partial charge on any atom is -0.381 e. The summed E-state index contributed by atoms with van der Waals surface area (Å²) < 4.78 is 27.5. The zero-order valence-electron chi connectivity index (χ0n) is 8.07. The summed E-state index contributed by atoms with van der Waals surface area (Å²) in [6.07, 6.45) is 1.34. The maximum Gasteiger partial charge on any atom is 0.246 e. The number of hydrogen-bond acceptors (Lipinski definition) is 4. The molecule has 0 fully saturated rings. The van der Waals surface area contributed by atoms with E-state index < -0.39 is 10.0 Å². The minimum absolute atomic E-state index is 0.0230. The SMILES string of the molecule is C=C(Br)CNS(=O)(=O)c1cn(C)nc1N. The highest BCUT2D eigenvalue weighted by molar-refractivity contribution is 9.11. The van der Waals surface area contributed by atoms with Gasteiger partial charge in [0.05, 0.1) is 0 Å². The zero-order chi connectivity index (χ0) is 11.6. The van der Waals surface area contributed by atoms with E-state index in [2.05, 4.69) is 32.3 Å². The van der Waals surface area contributed by atoms with Crippen molar-refractivity contribution in [3.63, 3.8) is 0 Å². The lowest BCUT2D eigenvalue weighted by atomic mass is 10.7. The molecule has 0 saturated heterocycles.